The molecular formula is C18H30IN3O. The molecule has 0 bridgehead atoms. The van der Waals surface area contributed by atoms with Gasteiger partial charge in [0, 0.05) is 25.7 Å². The predicted molar refractivity (Wildman–Crippen MR) is 108 cm³/mol. The molecule has 4 nitrogen and oxygen atoms in total. The van der Waals surface area contributed by atoms with E-state index in [1.165, 1.54) is 12.0 Å². The summed E-state index contributed by atoms with van der Waals surface area (Å²) in [5, 5.41) is 6.76. The minimum absolute atomic E-state index is 0. The molecule has 130 valence electrons. The number of halogens is 1. The maximum Gasteiger partial charge on any atom is 0.191 e. The molecule has 1 aliphatic carbocycles. The summed E-state index contributed by atoms with van der Waals surface area (Å²) in [6.07, 6.45) is 2.33. The van der Waals surface area contributed by atoms with Gasteiger partial charge in [-0.05, 0) is 38.2 Å². The van der Waals surface area contributed by atoms with Crippen LogP contribution < -0.4 is 10.6 Å². The Morgan fingerprint density at radius 1 is 1.35 bits per heavy atom. The molecule has 1 aromatic carbocycles. The van der Waals surface area contributed by atoms with Crippen LogP contribution in [0.3, 0.4) is 0 Å². The lowest BCUT2D eigenvalue weighted by atomic mass is 10.1. The van der Waals surface area contributed by atoms with Gasteiger partial charge in [-0.1, -0.05) is 37.3 Å². The molecule has 1 fully saturated rings. The Morgan fingerprint density at radius 2 is 2.04 bits per heavy atom. The third-order valence-corrected chi connectivity index (χ3v) is 3.99. The highest BCUT2D eigenvalue weighted by Crippen LogP contribution is 2.28. The van der Waals surface area contributed by atoms with Crippen LogP contribution in [0.2, 0.25) is 0 Å². The van der Waals surface area contributed by atoms with Gasteiger partial charge < -0.3 is 15.4 Å². The smallest absolute Gasteiger partial charge is 0.191 e. The second-order valence-corrected chi connectivity index (χ2v) is 6.00. The Bertz CT molecular complexity index is 467. The van der Waals surface area contributed by atoms with E-state index in [2.05, 4.69) is 48.5 Å². The molecule has 2 N–H and O–H groups in total. The largest absolute Gasteiger partial charge is 0.374 e. The van der Waals surface area contributed by atoms with Crippen LogP contribution in [-0.2, 0) is 4.74 Å². The van der Waals surface area contributed by atoms with Crippen molar-refractivity contribution in [2.24, 2.45) is 10.9 Å². The van der Waals surface area contributed by atoms with Crippen LogP contribution in [0.25, 0.3) is 0 Å². The summed E-state index contributed by atoms with van der Waals surface area (Å²) in [5.41, 5.74) is 1.23. The van der Waals surface area contributed by atoms with Crippen LogP contribution in [0.5, 0.6) is 0 Å². The quantitative estimate of drug-likeness (QED) is 0.285. The second-order valence-electron chi connectivity index (χ2n) is 6.00. The number of nitrogens with one attached hydrogen (secondary N) is 2. The van der Waals surface area contributed by atoms with Crippen molar-refractivity contribution >= 4 is 29.9 Å². The van der Waals surface area contributed by atoms with Crippen molar-refractivity contribution < 1.29 is 4.74 Å². The van der Waals surface area contributed by atoms with Gasteiger partial charge >= 0.3 is 0 Å². The van der Waals surface area contributed by atoms with Gasteiger partial charge in [-0.2, -0.15) is 0 Å². The second kappa shape index (κ2) is 10.9. The Hall–Kier alpha value is -0.820. The molecule has 1 aromatic rings. The van der Waals surface area contributed by atoms with E-state index < -0.39 is 0 Å². The zero-order valence-electron chi connectivity index (χ0n) is 14.4. The SMILES string of the molecule is CCNC(=NCCCOC(C)c1ccccc1)NC1CC1C.I. The molecule has 3 atom stereocenters. The Balaban J connectivity index is 0.00000264. The Morgan fingerprint density at radius 3 is 2.65 bits per heavy atom. The fourth-order valence-corrected chi connectivity index (χ4v) is 2.35. The van der Waals surface area contributed by atoms with Crippen molar-refractivity contribution in [1.29, 1.82) is 0 Å². The molecule has 2 rings (SSSR count). The minimum atomic E-state index is 0. The number of nitrogens with zero attached hydrogens (tertiary/aromatic N) is 1. The van der Waals surface area contributed by atoms with Crippen LogP contribution in [0.1, 0.15) is 45.3 Å². The van der Waals surface area contributed by atoms with Crippen molar-refractivity contribution in [3.8, 4) is 0 Å². The first-order valence-electron chi connectivity index (χ1n) is 8.42. The van der Waals surface area contributed by atoms with E-state index in [1.54, 1.807) is 0 Å². The van der Waals surface area contributed by atoms with Crippen LogP contribution in [0, 0.1) is 5.92 Å². The van der Waals surface area contributed by atoms with Gasteiger partial charge in [0.1, 0.15) is 0 Å². The Labute approximate surface area is 157 Å². The monoisotopic (exact) mass is 431 g/mol. The number of hydrogen-bond donors (Lipinski definition) is 2. The Kier molecular flexibility index (Phi) is 9.55. The molecule has 1 saturated carbocycles. The average molecular weight is 431 g/mol. The number of benzene rings is 1. The van der Waals surface area contributed by atoms with Gasteiger partial charge in [0.2, 0.25) is 0 Å². The van der Waals surface area contributed by atoms with Crippen molar-refractivity contribution in [2.75, 3.05) is 19.7 Å². The van der Waals surface area contributed by atoms with E-state index in [4.69, 9.17) is 4.74 Å². The molecule has 0 radical (unpaired) electrons. The van der Waals surface area contributed by atoms with Crippen LogP contribution >= 0.6 is 24.0 Å². The summed E-state index contributed by atoms with van der Waals surface area (Å²) in [6, 6.07) is 10.9. The normalized spacial score (nSPS) is 21.3. The van der Waals surface area contributed by atoms with E-state index in [9.17, 15) is 0 Å². The molecule has 3 unspecified atom stereocenters. The van der Waals surface area contributed by atoms with E-state index in [0.29, 0.717) is 6.04 Å². The molecule has 0 aliphatic heterocycles. The minimum Gasteiger partial charge on any atom is -0.374 e. The third kappa shape index (κ3) is 7.52. The van der Waals surface area contributed by atoms with Crippen molar-refractivity contribution in [3.63, 3.8) is 0 Å². The molecule has 0 heterocycles. The van der Waals surface area contributed by atoms with Gasteiger partial charge in [-0.25, -0.2) is 0 Å². The maximum absolute atomic E-state index is 5.87. The molecule has 0 spiro atoms. The first kappa shape index (κ1) is 20.2. The molecule has 23 heavy (non-hydrogen) atoms. The molecule has 0 amide bonds. The fraction of sp³-hybridized carbons (Fsp3) is 0.611. The molecule has 0 saturated heterocycles. The summed E-state index contributed by atoms with van der Waals surface area (Å²) in [6.45, 7) is 8.88. The summed E-state index contributed by atoms with van der Waals surface area (Å²) in [4.78, 5) is 4.61. The lowest BCUT2D eigenvalue weighted by Gasteiger charge is -2.13. The number of aliphatic imine (C=N–C) groups is 1. The first-order valence-corrected chi connectivity index (χ1v) is 8.42. The van der Waals surface area contributed by atoms with Gasteiger partial charge in [-0.15, -0.1) is 24.0 Å². The van der Waals surface area contributed by atoms with Gasteiger partial charge in [0.25, 0.3) is 0 Å². The molecule has 1 aliphatic rings. The topological polar surface area (TPSA) is 45.7 Å². The van der Waals surface area contributed by atoms with Gasteiger partial charge in [0.05, 0.1) is 6.10 Å². The van der Waals surface area contributed by atoms with Gasteiger partial charge in [0.15, 0.2) is 5.96 Å². The number of hydrogen-bond acceptors (Lipinski definition) is 2. The van der Waals surface area contributed by atoms with E-state index >= 15 is 0 Å². The third-order valence-electron chi connectivity index (χ3n) is 3.99. The summed E-state index contributed by atoms with van der Waals surface area (Å²) < 4.78 is 5.87. The van der Waals surface area contributed by atoms with E-state index in [-0.39, 0.29) is 30.1 Å². The first-order chi connectivity index (χ1) is 10.7. The summed E-state index contributed by atoms with van der Waals surface area (Å²) in [5.74, 6) is 1.71. The standard InChI is InChI=1S/C18H29N3O.HI/c1-4-19-18(21-17-13-14(17)2)20-11-8-12-22-15(3)16-9-6-5-7-10-16;/h5-7,9-10,14-15,17H,4,8,11-13H2,1-3H3,(H2,19,20,21);1H. The average Bonchev–Trinajstić information content (AvgIpc) is 3.22. The molecular weight excluding hydrogens is 401 g/mol. The molecule has 5 heteroatoms. The highest BCUT2D eigenvalue weighted by atomic mass is 127. The number of guanidine groups is 1. The zero-order chi connectivity index (χ0) is 15.8. The fourth-order valence-electron chi connectivity index (χ4n) is 2.35. The van der Waals surface area contributed by atoms with Crippen molar-refractivity contribution in [3.05, 3.63) is 35.9 Å². The lowest BCUT2D eigenvalue weighted by Crippen LogP contribution is -2.39. The van der Waals surface area contributed by atoms with E-state index in [0.717, 1.165) is 38.0 Å². The summed E-state index contributed by atoms with van der Waals surface area (Å²) >= 11 is 0. The lowest BCUT2D eigenvalue weighted by molar-refractivity contribution is 0.0652. The van der Waals surface area contributed by atoms with Crippen molar-refractivity contribution in [1.82, 2.24) is 10.6 Å². The van der Waals surface area contributed by atoms with Crippen LogP contribution in [0.15, 0.2) is 35.3 Å². The van der Waals surface area contributed by atoms with Crippen LogP contribution in [-0.4, -0.2) is 31.7 Å². The highest BCUT2D eigenvalue weighted by Gasteiger charge is 2.33. The maximum atomic E-state index is 5.87. The number of rotatable bonds is 8. The zero-order valence-corrected chi connectivity index (χ0v) is 16.7. The van der Waals surface area contributed by atoms with Crippen molar-refractivity contribution in [2.45, 2.75) is 45.8 Å². The summed E-state index contributed by atoms with van der Waals surface area (Å²) in [7, 11) is 0. The predicted octanol–water partition coefficient (Wildman–Crippen LogP) is 3.74. The molecule has 0 aromatic heterocycles. The number of ether oxygens (including phenoxy) is 1. The highest BCUT2D eigenvalue weighted by molar-refractivity contribution is 14.0. The van der Waals surface area contributed by atoms with Crippen LogP contribution in [0.4, 0.5) is 0 Å². The van der Waals surface area contributed by atoms with E-state index in [1.807, 2.05) is 18.2 Å². The van der Waals surface area contributed by atoms with Gasteiger partial charge in [-0.3, -0.25) is 4.99 Å².